The Bertz CT molecular complexity index is 1520. The van der Waals surface area contributed by atoms with Crippen LogP contribution in [0.5, 0.6) is 5.75 Å². The third-order valence-electron chi connectivity index (χ3n) is 8.46. The van der Waals surface area contributed by atoms with Crippen molar-refractivity contribution in [3.8, 4) is 5.75 Å². The van der Waals surface area contributed by atoms with Gasteiger partial charge in [-0.15, -0.1) is 0 Å². The van der Waals surface area contributed by atoms with Crippen molar-refractivity contribution in [2.45, 2.75) is 43.9 Å². The third-order valence-corrected chi connectivity index (χ3v) is 8.46. The average molecular weight is 547 g/mol. The number of rotatable bonds is 8. The Labute approximate surface area is 240 Å². The van der Waals surface area contributed by atoms with E-state index in [-0.39, 0.29) is 24.5 Å². The minimum absolute atomic E-state index is 0.0445. The summed E-state index contributed by atoms with van der Waals surface area (Å²) in [5, 5.41) is 12.8. The molecular weight excluding hydrogens is 512 g/mol. The van der Waals surface area contributed by atoms with Gasteiger partial charge in [0.25, 0.3) is 5.91 Å². The van der Waals surface area contributed by atoms with Crippen molar-refractivity contribution >= 4 is 11.8 Å². The Morgan fingerprint density at radius 1 is 0.878 bits per heavy atom. The van der Waals surface area contributed by atoms with Gasteiger partial charge in [0.2, 0.25) is 5.91 Å². The lowest BCUT2D eigenvalue weighted by Crippen LogP contribution is -2.52. The van der Waals surface area contributed by atoms with E-state index in [2.05, 4.69) is 17.4 Å². The zero-order valence-electron chi connectivity index (χ0n) is 23.1. The number of amides is 2. The number of carbonyl (C=O) groups excluding carboxylic acids is 2. The highest BCUT2D eigenvalue weighted by Crippen LogP contribution is 2.45. The maximum Gasteiger partial charge on any atom is 0.254 e. The van der Waals surface area contributed by atoms with Crippen molar-refractivity contribution in [3.05, 3.63) is 136 Å². The highest BCUT2D eigenvalue weighted by Gasteiger charge is 2.47. The summed E-state index contributed by atoms with van der Waals surface area (Å²) in [4.78, 5) is 30.3. The Kier molecular flexibility index (Phi) is 7.57. The van der Waals surface area contributed by atoms with Crippen molar-refractivity contribution in [2.75, 3.05) is 13.7 Å². The zero-order chi connectivity index (χ0) is 28.3. The van der Waals surface area contributed by atoms with Crippen LogP contribution in [0.2, 0.25) is 0 Å². The molecule has 4 aromatic carbocycles. The van der Waals surface area contributed by atoms with Crippen molar-refractivity contribution < 1.29 is 19.4 Å². The maximum atomic E-state index is 14.2. The number of nitrogens with one attached hydrogen (secondary N) is 1. The van der Waals surface area contributed by atoms with Crippen molar-refractivity contribution in [3.63, 3.8) is 0 Å². The molecule has 0 saturated carbocycles. The van der Waals surface area contributed by atoms with E-state index < -0.39 is 12.0 Å². The SMILES string of the molecule is COc1ccc(CCNC(=O)[C@@H]2c3ccccc3C(=O)N(C3Cc4ccccc4C3)[C@H]2c2ccc(CO)cc2)cc1. The van der Waals surface area contributed by atoms with E-state index >= 15 is 0 Å². The standard InChI is InChI=1S/C35H34N2O4/c1-41-29-16-12-23(13-17-29)18-19-36-34(39)32-30-8-4-5-9-31(30)35(40)37(28-20-26-6-2-3-7-27(26)21-28)33(32)25-14-10-24(22-38)11-15-25/h2-17,28,32-33,38H,18-22H2,1H3,(H,36,39)/t32-,33+/m1/s1. The quantitative estimate of drug-likeness (QED) is 0.326. The van der Waals surface area contributed by atoms with E-state index in [1.807, 2.05) is 89.8 Å². The van der Waals surface area contributed by atoms with Gasteiger partial charge in [-0.2, -0.15) is 0 Å². The van der Waals surface area contributed by atoms with Crippen molar-refractivity contribution in [1.29, 1.82) is 0 Å². The third kappa shape index (κ3) is 5.23. The van der Waals surface area contributed by atoms with Crippen LogP contribution in [0, 0.1) is 0 Å². The smallest absolute Gasteiger partial charge is 0.254 e. The van der Waals surface area contributed by atoms with Gasteiger partial charge in [0.15, 0.2) is 0 Å². The second kappa shape index (κ2) is 11.6. The molecule has 0 bridgehead atoms. The number of nitrogens with zero attached hydrogens (tertiary/aromatic N) is 1. The molecule has 0 fully saturated rings. The van der Waals surface area contributed by atoms with Gasteiger partial charge in [-0.1, -0.05) is 78.9 Å². The van der Waals surface area contributed by atoms with E-state index in [1.54, 1.807) is 7.11 Å². The van der Waals surface area contributed by atoms with Crippen LogP contribution in [0.25, 0.3) is 0 Å². The number of hydrogen-bond donors (Lipinski definition) is 2. The summed E-state index contributed by atoms with van der Waals surface area (Å²) in [6.45, 7) is 0.409. The molecular formula is C35H34N2O4. The molecule has 4 aromatic rings. The molecule has 2 amide bonds. The molecule has 0 spiro atoms. The summed E-state index contributed by atoms with van der Waals surface area (Å²) >= 11 is 0. The normalized spacial score (nSPS) is 18.1. The zero-order valence-corrected chi connectivity index (χ0v) is 23.1. The highest BCUT2D eigenvalue weighted by atomic mass is 16.5. The summed E-state index contributed by atoms with van der Waals surface area (Å²) in [6, 6.07) is 30.8. The molecule has 1 aliphatic carbocycles. The molecule has 208 valence electrons. The Morgan fingerprint density at radius 2 is 1.51 bits per heavy atom. The number of ether oxygens (including phenoxy) is 1. The number of aliphatic hydroxyl groups excluding tert-OH is 1. The molecule has 6 rings (SSSR count). The fourth-order valence-corrected chi connectivity index (χ4v) is 6.37. The first kappa shape index (κ1) is 26.8. The monoisotopic (exact) mass is 546 g/mol. The van der Waals surface area contributed by atoms with Gasteiger partial charge in [-0.3, -0.25) is 9.59 Å². The lowest BCUT2D eigenvalue weighted by Gasteiger charge is -2.45. The van der Waals surface area contributed by atoms with Gasteiger partial charge in [-0.05, 0) is 70.8 Å². The van der Waals surface area contributed by atoms with Gasteiger partial charge in [0.1, 0.15) is 5.75 Å². The van der Waals surface area contributed by atoms with Crippen molar-refractivity contribution in [1.82, 2.24) is 10.2 Å². The molecule has 2 N–H and O–H groups in total. The van der Waals surface area contributed by atoms with Crippen LogP contribution < -0.4 is 10.1 Å². The first-order chi connectivity index (χ1) is 20.1. The van der Waals surface area contributed by atoms with E-state index in [0.717, 1.165) is 40.8 Å². The lowest BCUT2D eigenvalue weighted by molar-refractivity contribution is -0.124. The minimum atomic E-state index is -0.580. The first-order valence-corrected chi connectivity index (χ1v) is 14.2. The van der Waals surface area contributed by atoms with E-state index in [1.165, 1.54) is 11.1 Å². The summed E-state index contributed by atoms with van der Waals surface area (Å²) in [7, 11) is 1.64. The van der Waals surface area contributed by atoms with Crippen molar-refractivity contribution in [2.24, 2.45) is 0 Å². The van der Waals surface area contributed by atoms with E-state index in [9.17, 15) is 14.7 Å². The molecule has 6 nitrogen and oxygen atoms in total. The number of hydrogen-bond acceptors (Lipinski definition) is 4. The van der Waals surface area contributed by atoms with Crippen LogP contribution in [0.3, 0.4) is 0 Å². The summed E-state index contributed by atoms with van der Waals surface area (Å²) in [5.74, 6) is 0.0704. The van der Waals surface area contributed by atoms with Gasteiger partial charge in [0.05, 0.1) is 25.7 Å². The molecule has 0 saturated heterocycles. The number of aliphatic hydroxyl groups is 1. The van der Waals surface area contributed by atoms with Gasteiger partial charge in [-0.25, -0.2) is 0 Å². The topological polar surface area (TPSA) is 78.9 Å². The van der Waals surface area contributed by atoms with Crippen LogP contribution in [0.4, 0.5) is 0 Å². The predicted octanol–water partition coefficient (Wildman–Crippen LogP) is 4.99. The number of carbonyl (C=O) groups is 2. The fraction of sp³-hybridized carbons (Fsp3) is 0.257. The summed E-state index contributed by atoms with van der Waals surface area (Å²) in [6.07, 6.45) is 2.18. The van der Waals surface area contributed by atoms with Crippen LogP contribution >= 0.6 is 0 Å². The molecule has 1 heterocycles. The Morgan fingerprint density at radius 3 is 2.17 bits per heavy atom. The highest BCUT2D eigenvalue weighted by molar-refractivity contribution is 6.01. The van der Waals surface area contributed by atoms with Crippen LogP contribution in [0.15, 0.2) is 97.1 Å². The molecule has 1 aliphatic heterocycles. The molecule has 6 heteroatoms. The summed E-state index contributed by atoms with van der Waals surface area (Å²) < 4.78 is 5.26. The Hall–Kier alpha value is -4.42. The second-order valence-electron chi connectivity index (χ2n) is 10.8. The molecule has 2 atom stereocenters. The molecule has 2 aliphatic rings. The summed E-state index contributed by atoms with van der Waals surface area (Å²) in [5.41, 5.74) is 6.61. The second-order valence-corrected chi connectivity index (χ2v) is 10.8. The minimum Gasteiger partial charge on any atom is -0.497 e. The molecule has 0 aromatic heterocycles. The number of fused-ring (bicyclic) bond motifs is 2. The molecule has 41 heavy (non-hydrogen) atoms. The maximum absolute atomic E-state index is 14.2. The number of benzene rings is 4. The van der Waals surface area contributed by atoms with Crippen LogP contribution in [-0.2, 0) is 30.7 Å². The van der Waals surface area contributed by atoms with Gasteiger partial charge in [0, 0.05) is 18.2 Å². The van der Waals surface area contributed by atoms with Gasteiger partial charge >= 0.3 is 0 Å². The van der Waals surface area contributed by atoms with Crippen LogP contribution in [-0.4, -0.2) is 41.5 Å². The largest absolute Gasteiger partial charge is 0.497 e. The molecule has 0 unspecified atom stereocenters. The Balaban J connectivity index is 1.36. The average Bonchev–Trinajstić information content (AvgIpc) is 3.45. The fourth-order valence-electron chi connectivity index (χ4n) is 6.37. The number of methoxy groups -OCH3 is 1. The van der Waals surface area contributed by atoms with Gasteiger partial charge < -0.3 is 20.1 Å². The molecule has 0 radical (unpaired) electrons. The van der Waals surface area contributed by atoms with E-state index in [4.69, 9.17) is 4.74 Å². The van der Waals surface area contributed by atoms with Crippen LogP contribution in [0.1, 0.15) is 55.7 Å². The predicted molar refractivity (Wildman–Crippen MR) is 158 cm³/mol. The first-order valence-electron chi connectivity index (χ1n) is 14.2. The lowest BCUT2D eigenvalue weighted by atomic mass is 9.78. The van der Waals surface area contributed by atoms with E-state index in [0.29, 0.717) is 18.5 Å².